The standard InChI is InChI=1S/C20H31NO3/c1-5-11-23-18-13-15(2)19(16(3)14-18)20(22)24-12-7-10-21-9-6-8-17(21)4/h13-14,17H,5-12H2,1-4H3. The van der Waals surface area contributed by atoms with Gasteiger partial charge in [0.05, 0.1) is 18.8 Å². The summed E-state index contributed by atoms with van der Waals surface area (Å²) in [6.07, 6.45) is 4.43. The van der Waals surface area contributed by atoms with E-state index in [1.54, 1.807) is 0 Å². The number of hydrogen-bond acceptors (Lipinski definition) is 4. The van der Waals surface area contributed by atoms with Crippen molar-refractivity contribution >= 4 is 5.97 Å². The largest absolute Gasteiger partial charge is 0.494 e. The van der Waals surface area contributed by atoms with Gasteiger partial charge in [0, 0.05) is 12.6 Å². The highest BCUT2D eigenvalue weighted by molar-refractivity contribution is 5.93. The second kappa shape index (κ2) is 9.07. The summed E-state index contributed by atoms with van der Waals surface area (Å²) in [5.74, 6) is 0.605. The molecule has 1 heterocycles. The molecule has 0 spiro atoms. The van der Waals surface area contributed by atoms with Gasteiger partial charge in [0.15, 0.2) is 0 Å². The van der Waals surface area contributed by atoms with Gasteiger partial charge in [0.25, 0.3) is 0 Å². The number of esters is 1. The van der Waals surface area contributed by atoms with Gasteiger partial charge in [-0.1, -0.05) is 6.92 Å². The highest BCUT2D eigenvalue weighted by Gasteiger charge is 2.20. The van der Waals surface area contributed by atoms with Crippen LogP contribution in [0.3, 0.4) is 0 Å². The predicted molar refractivity (Wildman–Crippen MR) is 96.9 cm³/mol. The molecule has 1 aromatic carbocycles. The predicted octanol–water partition coefficient (Wildman–Crippen LogP) is 4.12. The second-order valence-corrected chi connectivity index (χ2v) is 6.80. The van der Waals surface area contributed by atoms with Crippen LogP contribution < -0.4 is 4.74 Å². The first-order valence-electron chi connectivity index (χ1n) is 9.18. The van der Waals surface area contributed by atoms with Gasteiger partial charge < -0.3 is 14.4 Å². The molecule has 0 N–H and O–H groups in total. The Kier molecular flexibility index (Phi) is 7.10. The van der Waals surface area contributed by atoms with Gasteiger partial charge in [-0.15, -0.1) is 0 Å². The van der Waals surface area contributed by atoms with Crippen molar-refractivity contribution in [2.75, 3.05) is 26.3 Å². The van der Waals surface area contributed by atoms with Crippen LogP contribution in [0.5, 0.6) is 5.75 Å². The van der Waals surface area contributed by atoms with Crippen LogP contribution in [0.1, 0.15) is 61.0 Å². The maximum atomic E-state index is 12.4. The molecule has 1 aliphatic rings. The maximum absolute atomic E-state index is 12.4. The molecule has 1 unspecified atom stereocenters. The first-order chi connectivity index (χ1) is 11.5. The molecule has 1 aromatic rings. The number of nitrogens with zero attached hydrogens (tertiary/aromatic N) is 1. The molecule has 0 radical (unpaired) electrons. The fraction of sp³-hybridized carbons (Fsp3) is 0.650. The summed E-state index contributed by atoms with van der Waals surface area (Å²) in [5, 5.41) is 0. The van der Waals surface area contributed by atoms with Crippen molar-refractivity contribution < 1.29 is 14.3 Å². The van der Waals surface area contributed by atoms with Crippen molar-refractivity contribution in [3.05, 3.63) is 28.8 Å². The van der Waals surface area contributed by atoms with Gasteiger partial charge in [-0.2, -0.15) is 0 Å². The van der Waals surface area contributed by atoms with Crippen LogP contribution in [0, 0.1) is 13.8 Å². The van der Waals surface area contributed by atoms with Crippen LogP contribution in [0.4, 0.5) is 0 Å². The molecule has 4 nitrogen and oxygen atoms in total. The average molecular weight is 333 g/mol. The third kappa shape index (κ3) is 4.97. The van der Waals surface area contributed by atoms with Crippen molar-refractivity contribution in [1.29, 1.82) is 0 Å². The summed E-state index contributed by atoms with van der Waals surface area (Å²) in [5.41, 5.74) is 2.51. The first kappa shape index (κ1) is 18.8. The van der Waals surface area contributed by atoms with E-state index in [0.717, 1.165) is 36.3 Å². The maximum Gasteiger partial charge on any atom is 0.338 e. The molecule has 1 saturated heterocycles. The number of likely N-dealkylation sites (tertiary alicyclic amines) is 1. The highest BCUT2D eigenvalue weighted by Crippen LogP contribution is 2.23. The number of carbonyl (C=O) groups excluding carboxylic acids is 1. The van der Waals surface area contributed by atoms with E-state index in [2.05, 4.69) is 18.7 Å². The molecule has 1 fully saturated rings. The first-order valence-corrected chi connectivity index (χ1v) is 9.18. The summed E-state index contributed by atoms with van der Waals surface area (Å²) >= 11 is 0. The van der Waals surface area contributed by atoms with E-state index in [4.69, 9.17) is 9.47 Å². The molecule has 0 aliphatic carbocycles. The lowest BCUT2D eigenvalue weighted by Crippen LogP contribution is -2.28. The van der Waals surface area contributed by atoms with Crippen LogP contribution in [-0.2, 0) is 4.74 Å². The summed E-state index contributed by atoms with van der Waals surface area (Å²) in [7, 11) is 0. The zero-order valence-electron chi connectivity index (χ0n) is 15.6. The average Bonchev–Trinajstić information content (AvgIpc) is 2.94. The van der Waals surface area contributed by atoms with Crippen LogP contribution in [0.15, 0.2) is 12.1 Å². The molecule has 134 valence electrons. The van der Waals surface area contributed by atoms with E-state index in [1.807, 2.05) is 26.0 Å². The van der Waals surface area contributed by atoms with Crippen LogP contribution in [0.2, 0.25) is 0 Å². The number of ether oxygens (including phenoxy) is 2. The third-order valence-electron chi connectivity index (χ3n) is 4.70. The molecule has 1 aliphatic heterocycles. The number of rotatable bonds is 8. The molecule has 2 rings (SSSR count). The van der Waals surface area contributed by atoms with E-state index in [-0.39, 0.29) is 5.97 Å². The topological polar surface area (TPSA) is 38.8 Å². The van der Waals surface area contributed by atoms with E-state index in [0.29, 0.717) is 24.8 Å². The summed E-state index contributed by atoms with van der Waals surface area (Å²) in [6.45, 7) is 11.6. The molecular formula is C20H31NO3. The fourth-order valence-corrected chi connectivity index (χ4v) is 3.38. The lowest BCUT2D eigenvalue weighted by molar-refractivity contribution is 0.0485. The van der Waals surface area contributed by atoms with Gasteiger partial charge in [-0.3, -0.25) is 0 Å². The Balaban J connectivity index is 1.85. The van der Waals surface area contributed by atoms with Crippen molar-refractivity contribution in [1.82, 2.24) is 4.90 Å². The van der Waals surface area contributed by atoms with Crippen LogP contribution in [-0.4, -0.2) is 43.2 Å². The summed E-state index contributed by atoms with van der Waals surface area (Å²) < 4.78 is 11.2. The van der Waals surface area contributed by atoms with Crippen molar-refractivity contribution in [2.45, 2.75) is 59.4 Å². The van der Waals surface area contributed by atoms with Gasteiger partial charge in [0.1, 0.15) is 5.75 Å². The monoisotopic (exact) mass is 333 g/mol. The Hall–Kier alpha value is -1.55. The quantitative estimate of drug-likeness (QED) is 0.530. The molecule has 0 aromatic heterocycles. The lowest BCUT2D eigenvalue weighted by atomic mass is 10.0. The van der Waals surface area contributed by atoms with Crippen LogP contribution in [0.25, 0.3) is 0 Å². The molecule has 0 amide bonds. The van der Waals surface area contributed by atoms with Crippen molar-refractivity contribution in [3.8, 4) is 5.75 Å². The Bertz CT molecular complexity index is 533. The lowest BCUT2D eigenvalue weighted by Gasteiger charge is -2.20. The molecule has 0 bridgehead atoms. The zero-order chi connectivity index (χ0) is 17.5. The van der Waals surface area contributed by atoms with Gasteiger partial charge >= 0.3 is 5.97 Å². The van der Waals surface area contributed by atoms with Crippen LogP contribution >= 0.6 is 0 Å². The minimum absolute atomic E-state index is 0.221. The number of carbonyl (C=O) groups is 1. The Morgan fingerprint density at radius 3 is 2.54 bits per heavy atom. The van der Waals surface area contributed by atoms with Gasteiger partial charge in [-0.05, 0) is 76.3 Å². The second-order valence-electron chi connectivity index (χ2n) is 6.80. The molecule has 24 heavy (non-hydrogen) atoms. The normalized spacial score (nSPS) is 17.9. The van der Waals surface area contributed by atoms with Gasteiger partial charge in [0.2, 0.25) is 0 Å². The number of hydrogen-bond donors (Lipinski definition) is 0. The van der Waals surface area contributed by atoms with E-state index in [1.165, 1.54) is 19.4 Å². The molecule has 1 atom stereocenters. The van der Waals surface area contributed by atoms with Crippen molar-refractivity contribution in [3.63, 3.8) is 0 Å². The Labute approximate surface area is 146 Å². The summed E-state index contributed by atoms with van der Waals surface area (Å²) in [4.78, 5) is 14.9. The smallest absolute Gasteiger partial charge is 0.338 e. The summed E-state index contributed by atoms with van der Waals surface area (Å²) in [6, 6.07) is 4.51. The Morgan fingerprint density at radius 2 is 1.96 bits per heavy atom. The van der Waals surface area contributed by atoms with Crippen molar-refractivity contribution in [2.24, 2.45) is 0 Å². The molecular weight excluding hydrogens is 302 g/mol. The van der Waals surface area contributed by atoms with Gasteiger partial charge in [-0.25, -0.2) is 4.79 Å². The third-order valence-corrected chi connectivity index (χ3v) is 4.70. The number of benzene rings is 1. The zero-order valence-corrected chi connectivity index (χ0v) is 15.6. The molecule has 0 saturated carbocycles. The highest BCUT2D eigenvalue weighted by atomic mass is 16.5. The van der Waals surface area contributed by atoms with E-state index < -0.39 is 0 Å². The minimum atomic E-state index is -0.221. The Morgan fingerprint density at radius 1 is 1.25 bits per heavy atom. The fourth-order valence-electron chi connectivity index (χ4n) is 3.38. The SMILES string of the molecule is CCCOc1cc(C)c(C(=O)OCCCN2CCCC2C)c(C)c1. The van der Waals surface area contributed by atoms with E-state index in [9.17, 15) is 4.79 Å². The van der Waals surface area contributed by atoms with E-state index >= 15 is 0 Å². The number of aryl methyl sites for hydroxylation is 2. The minimum Gasteiger partial charge on any atom is -0.494 e. The molecule has 4 heteroatoms.